The Bertz CT molecular complexity index is 1060. The van der Waals surface area contributed by atoms with Crippen LogP contribution in [0.4, 0.5) is 0 Å². The fourth-order valence-corrected chi connectivity index (χ4v) is 2.86. The molecule has 0 aliphatic carbocycles. The molecule has 0 radical (unpaired) electrons. The van der Waals surface area contributed by atoms with E-state index in [0.717, 1.165) is 11.1 Å². The summed E-state index contributed by atoms with van der Waals surface area (Å²) in [4.78, 5) is 12.5. The number of rotatable bonds is 8. The first-order chi connectivity index (χ1) is 14.6. The van der Waals surface area contributed by atoms with Crippen LogP contribution in [0, 0.1) is 0 Å². The van der Waals surface area contributed by atoms with E-state index in [-0.39, 0.29) is 0 Å². The summed E-state index contributed by atoms with van der Waals surface area (Å²) in [5, 5.41) is 11.2. The van der Waals surface area contributed by atoms with Crippen LogP contribution in [0.5, 0.6) is 17.2 Å². The van der Waals surface area contributed by atoms with E-state index >= 15 is 0 Å². The molecule has 1 amide bonds. The van der Waals surface area contributed by atoms with E-state index in [0.29, 0.717) is 41.0 Å². The maximum atomic E-state index is 12.5. The number of para-hydroxylation sites is 1. The van der Waals surface area contributed by atoms with E-state index in [2.05, 4.69) is 20.7 Å². The number of nitrogens with zero attached hydrogens (tertiary/aromatic N) is 2. The Morgan fingerprint density at radius 1 is 1.07 bits per heavy atom. The SMILES string of the molecule is CCOc1ccccc1-c1cc(C(=O)N/N=C(/C)c2ccc(OC)c(OC)c2)[nH]n1. The molecule has 0 bridgehead atoms. The number of benzene rings is 2. The zero-order chi connectivity index (χ0) is 21.5. The predicted molar refractivity (Wildman–Crippen MR) is 114 cm³/mol. The van der Waals surface area contributed by atoms with Crippen molar-refractivity contribution in [2.24, 2.45) is 5.10 Å². The average molecular weight is 408 g/mol. The molecular weight excluding hydrogens is 384 g/mol. The Labute approximate surface area is 174 Å². The molecule has 0 saturated carbocycles. The van der Waals surface area contributed by atoms with E-state index in [1.807, 2.05) is 37.3 Å². The number of ether oxygens (including phenoxy) is 3. The minimum Gasteiger partial charge on any atom is -0.493 e. The van der Waals surface area contributed by atoms with Crippen molar-refractivity contribution in [3.63, 3.8) is 0 Å². The number of H-pyrrole nitrogens is 1. The van der Waals surface area contributed by atoms with Gasteiger partial charge < -0.3 is 14.2 Å². The van der Waals surface area contributed by atoms with Crippen LogP contribution in [0.1, 0.15) is 29.9 Å². The summed E-state index contributed by atoms with van der Waals surface area (Å²) in [6.45, 7) is 4.25. The maximum Gasteiger partial charge on any atom is 0.289 e. The van der Waals surface area contributed by atoms with E-state index < -0.39 is 5.91 Å². The molecule has 0 aliphatic rings. The Balaban J connectivity index is 1.74. The molecule has 1 heterocycles. The van der Waals surface area contributed by atoms with Gasteiger partial charge in [-0.05, 0) is 50.2 Å². The summed E-state index contributed by atoms with van der Waals surface area (Å²) in [6, 6.07) is 14.6. The second-order valence-corrected chi connectivity index (χ2v) is 6.30. The number of amides is 1. The Hall–Kier alpha value is -3.81. The van der Waals surface area contributed by atoms with Gasteiger partial charge in [-0.25, -0.2) is 5.43 Å². The molecule has 8 nitrogen and oxygen atoms in total. The highest BCUT2D eigenvalue weighted by molar-refractivity contribution is 6.01. The lowest BCUT2D eigenvalue weighted by Gasteiger charge is -2.09. The second-order valence-electron chi connectivity index (χ2n) is 6.30. The van der Waals surface area contributed by atoms with Gasteiger partial charge in [0.25, 0.3) is 5.91 Å². The lowest BCUT2D eigenvalue weighted by atomic mass is 10.1. The third-order valence-corrected chi connectivity index (χ3v) is 4.41. The summed E-state index contributed by atoms with van der Waals surface area (Å²) in [5.41, 5.74) is 5.67. The minimum absolute atomic E-state index is 0.292. The van der Waals surface area contributed by atoms with Crippen molar-refractivity contribution in [2.45, 2.75) is 13.8 Å². The van der Waals surface area contributed by atoms with E-state index in [1.54, 1.807) is 39.3 Å². The van der Waals surface area contributed by atoms with Crippen molar-refractivity contribution in [2.75, 3.05) is 20.8 Å². The highest BCUT2D eigenvalue weighted by Gasteiger charge is 2.14. The van der Waals surface area contributed by atoms with Gasteiger partial charge in [0.05, 0.1) is 32.2 Å². The first-order valence-corrected chi connectivity index (χ1v) is 9.42. The van der Waals surface area contributed by atoms with E-state index in [9.17, 15) is 4.79 Å². The van der Waals surface area contributed by atoms with Crippen LogP contribution >= 0.6 is 0 Å². The number of aromatic nitrogens is 2. The average Bonchev–Trinajstić information content (AvgIpc) is 3.27. The van der Waals surface area contributed by atoms with Crippen molar-refractivity contribution in [3.05, 3.63) is 59.8 Å². The normalized spacial score (nSPS) is 11.1. The van der Waals surface area contributed by atoms with Crippen molar-refractivity contribution >= 4 is 11.6 Å². The number of hydrogen-bond acceptors (Lipinski definition) is 6. The smallest absolute Gasteiger partial charge is 0.289 e. The van der Waals surface area contributed by atoms with Crippen molar-refractivity contribution in [3.8, 4) is 28.5 Å². The third-order valence-electron chi connectivity index (χ3n) is 4.41. The van der Waals surface area contributed by atoms with Crippen LogP contribution in [0.15, 0.2) is 53.6 Å². The molecule has 156 valence electrons. The first kappa shape index (κ1) is 20.9. The molecule has 3 aromatic rings. The predicted octanol–water partition coefficient (Wildman–Crippen LogP) is 3.65. The summed E-state index contributed by atoms with van der Waals surface area (Å²) >= 11 is 0. The van der Waals surface area contributed by atoms with Crippen LogP contribution in [0.25, 0.3) is 11.3 Å². The molecule has 0 atom stereocenters. The Kier molecular flexibility index (Phi) is 6.69. The van der Waals surface area contributed by atoms with Gasteiger partial charge in [0.15, 0.2) is 11.5 Å². The molecule has 0 aliphatic heterocycles. The summed E-state index contributed by atoms with van der Waals surface area (Å²) in [6.07, 6.45) is 0. The molecule has 8 heteroatoms. The van der Waals surface area contributed by atoms with Gasteiger partial charge in [0.1, 0.15) is 11.4 Å². The first-order valence-electron chi connectivity index (χ1n) is 9.42. The number of hydrogen-bond donors (Lipinski definition) is 2. The van der Waals surface area contributed by atoms with Gasteiger partial charge in [-0.15, -0.1) is 0 Å². The monoisotopic (exact) mass is 408 g/mol. The highest BCUT2D eigenvalue weighted by atomic mass is 16.5. The standard InChI is InChI=1S/C22H24N4O4/c1-5-30-19-9-7-6-8-16(19)17-13-18(25-24-17)22(27)26-23-14(2)15-10-11-20(28-3)21(12-15)29-4/h6-13H,5H2,1-4H3,(H,24,25)(H,26,27)/b23-14-. The molecule has 1 aromatic heterocycles. The topological polar surface area (TPSA) is 97.8 Å². The summed E-state index contributed by atoms with van der Waals surface area (Å²) in [7, 11) is 3.14. The van der Waals surface area contributed by atoms with Gasteiger partial charge in [-0.1, -0.05) is 12.1 Å². The molecule has 0 unspecified atom stereocenters. The maximum absolute atomic E-state index is 12.5. The summed E-state index contributed by atoms with van der Waals surface area (Å²) < 4.78 is 16.2. The molecule has 2 N–H and O–H groups in total. The largest absolute Gasteiger partial charge is 0.493 e. The van der Waals surface area contributed by atoms with E-state index in [1.165, 1.54) is 0 Å². The zero-order valence-electron chi connectivity index (χ0n) is 17.4. The second kappa shape index (κ2) is 9.60. The quantitative estimate of drug-likeness (QED) is 0.438. The van der Waals surface area contributed by atoms with Gasteiger partial charge in [0.2, 0.25) is 0 Å². The number of aromatic amines is 1. The number of carbonyl (C=O) groups excluding carboxylic acids is 1. The zero-order valence-corrected chi connectivity index (χ0v) is 17.4. The summed E-state index contributed by atoms with van der Waals surface area (Å²) in [5.74, 6) is 1.51. The third kappa shape index (κ3) is 4.60. The van der Waals surface area contributed by atoms with Gasteiger partial charge in [-0.2, -0.15) is 10.2 Å². The number of methoxy groups -OCH3 is 2. The van der Waals surface area contributed by atoms with Crippen molar-refractivity contribution in [1.82, 2.24) is 15.6 Å². The molecule has 3 rings (SSSR count). The lowest BCUT2D eigenvalue weighted by Crippen LogP contribution is -2.19. The highest BCUT2D eigenvalue weighted by Crippen LogP contribution is 2.29. The van der Waals surface area contributed by atoms with Crippen LogP contribution in [-0.2, 0) is 0 Å². The van der Waals surface area contributed by atoms with Crippen LogP contribution in [0.2, 0.25) is 0 Å². The van der Waals surface area contributed by atoms with Gasteiger partial charge in [0, 0.05) is 11.1 Å². The molecule has 0 saturated heterocycles. The molecule has 2 aromatic carbocycles. The number of hydrazone groups is 1. The molecule has 30 heavy (non-hydrogen) atoms. The lowest BCUT2D eigenvalue weighted by molar-refractivity contribution is 0.0950. The van der Waals surface area contributed by atoms with Gasteiger partial charge >= 0.3 is 0 Å². The van der Waals surface area contributed by atoms with Crippen molar-refractivity contribution < 1.29 is 19.0 Å². The Morgan fingerprint density at radius 3 is 2.57 bits per heavy atom. The van der Waals surface area contributed by atoms with Crippen LogP contribution < -0.4 is 19.6 Å². The molecular formula is C22H24N4O4. The van der Waals surface area contributed by atoms with Crippen LogP contribution in [-0.4, -0.2) is 42.6 Å². The number of carbonyl (C=O) groups is 1. The number of nitrogens with one attached hydrogen (secondary N) is 2. The van der Waals surface area contributed by atoms with Gasteiger partial charge in [-0.3, -0.25) is 9.89 Å². The molecule has 0 fully saturated rings. The Morgan fingerprint density at radius 2 is 1.83 bits per heavy atom. The fourth-order valence-electron chi connectivity index (χ4n) is 2.86. The van der Waals surface area contributed by atoms with Crippen LogP contribution in [0.3, 0.4) is 0 Å². The molecule has 0 spiro atoms. The van der Waals surface area contributed by atoms with Crippen molar-refractivity contribution in [1.29, 1.82) is 0 Å². The minimum atomic E-state index is -0.400. The van der Waals surface area contributed by atoms with E-state index in [4.69, 9.17) is 14.2 Å². The fraction of sp³-hybridized carbons (Fsp3) is 0.227.